The van der Waals surface area contributed by atoms with Gasteiger partial charge in [-0.05, 0) is 48.9 Å². The lowest BCUT2D eigenvalue weighted by atomic mass is 10.2. The Morgan fingerprint density at radius 1 is 1.07 bits per heavy atom. The molecule has 8 nitrogen and oxygen atoms in total. The third-order valence-electron chi connectivity index (χ3n) is 4.38. The van der Waals surface area contributed by atoms with Gasteiger partial charge >= 0.3 is 5.69 Å². The minimum atomic E-state index is -3.84. The Morgan fingerprint density at radius 3 is 2.43 bits per heavy atom. The van der Waals surface area contributed by atoms with E-state index in [0.717, 1.165) is 12.8 Å². The van der Waals surface area contributed by atoms with Crippen LogP contribution in [0.25, 0.3) is 11.0 Å². The summed E-state index contributed by atoms with van der Waals surface area (Å²) >= 11 is 0. The molecule has 3 aromatic rings. The van der Waals surface area contributed by atoms with Crippen LogP contribution in [-0.2, 0) is 10.0 Å². The minimum absolute atomic E-state index is 0.0229. The van der Waals surface area contributed by atoms with Gasteiger partial charge in [0.2, 0.25) is 0 Å². The topological polar surface area (TPSA) is 115 Å². The first-order chi connectivity index (χ1) is 13.3. The second kappa shape index (κ2) is 7.89. The molecule has 148 valence electrons. The Balaban J connectivity index is 1.76. The maximum absolute atomic E-state index is 12.6. The molecule has 0 aliphatic rings. The zero-order valence-corrected chi connectivity index (χ0v) is 16.5. The molecule has 0 aliphatic heterocycles. The first-order valence-corrected chi connectivity index (χ1v) is 10.4. The van der Waals surface area contributed by atoms with Crippen LogP contribution >= 0.6 is 0 Å². The van der Waals surface area contributed by atoms with Crippen LogP contribution < -0.4 is 10.4 Å². The number of aromatic nitrogens is 2. The van der Waals surface area contributed by atoms with Gasteiger partial charge in [-0.2, -0.15) is 0 Å². The predicted octanol–water partition coefficient (Wildman–Crippen LogP) is 2.53. The Bertz CT molecular complexity index is 1150. The van der Waals surface area contributed by atoms with Gasteiger partial charge in [0.15, 0.2) is 0 Å². The van der Waals surface area contributed by atoms with Crippen molar-refractivity contribution in [3.05, 3.63) is 58.5 Å². The highest BCUT2D eigenvalue weighted by Crippen LogP contribution is 2.20. The lowest BCUT2D eigenvalue weighted by Gasteiger charge is -2.17. The number of benzene rings is 2. The van der Waals surface area contributed by atoms with Gasteiger partial charge < -0.3 is 14.9 Å². The molecule has 0 unspecified atom stereocenters. The van der Waals surface area contributed by atoms with E-state index < -0.39 is 15.7 Å². The molecule has 0 fully saturated rings. The van der Waals surface area contributed by atoms with Crippen LogP contribution in [-0.4, -0.2) is 42.8 Å². The summed E-state index contributed by atoms with van der Waals surface area (Å²) in [6, 6.07) is 10.6. The molecule has 0 aliphatic carbocycles. The normalized spacial score (nSPS) is 11.5. The third-order valence-corrected chi connectivity index (χ3v) is 5.75. The molecule has 0 spiro atoms. The molecular weight excluding hydrogens is 380 g/mol. The van der Waals surface area contributed by atoms with E-state index in [2.05, 4.69) is 21.6 Å². The number of nitrogens with one attached hydrogen (secondary N) is 3. The van der Waals surface area contributed by atoms with Gasteiger partial charge in [-0.25, -0.2) is 13.2 Å². The smallest absolute Gasteiger partial charge is 0.323 e. The molecule has 3 N–H and O–H groups in total. The highest BCUT2D eigenvalue weighted by atomic mass is 32.2. The van der Waals surface area contributed by atoms with Crippen LogP contribution in [0.1, 0.15) is 30.1 Å². The molecule has 0 saturated carbocycles. The highest BCUT2D eigenvalue weighted by Gasteiger charge is 2.16. The number of unbranched alkanes of at least 4 members (excludes halogenated alkanes) is 1. The quantitative estimate of drug-likeness (QED) is 0.563. The lowest BCUT2D eigenvalue weighted by molar-refractivity contribution is 0.0793. The van der Waals surface area contributed by atoms with Crippen molar-refractivity contribution in [1.82, 2.24) is 14.9 Å². The Hall–Kier alpha value is -3.07. The van der Waals surface area contributed by atoms with E-state index in [-0.39, 0.29) is 10.8 Å². The summed E-state index contributed by atoms with van der Waals surface area (Å²) in [5.74, 6) is -0.107. The summed E-state index contributed by atoms with van der Waals surface area (Å²) in [5.41, 5.74) is 1.37. The lowest BCUT2D eigenvalue weighted by Crippen LogP contribution is -2.27. The van der Waals surface area contributed by atoms with Gasteiger partial charge in [0.1, 0.15) is 0 Å². The summed E-state index contributed by atoms with van der Waals surface area (Å²) in [7, 11) is -2.09. The van der Waals surface area contributed by atoms with Crippen molar-refractivity contribution in [3.8, 4) is 0 Å². The molecule has 2 aromatic carbocycles. The van der Waals surface area contributed by atoms with Crippen molar-refractivity contribution in [2.24, 2.45) is 0 Å². The number of fused-ring (bicyclic) bond motifs is 1. The number of rotatable bonds is 7. The second-order valence-electron chi connectivity index (χ2n) is 6.55. The molecule has 1 aromatic heterocycles. The van der Waals surface area contributed by atoms with Crippen LogP contribution in [0.15, 0.2) is 52.2 Å². The molecular formula is C19H22N4O4S. The maximum Gasteiger partial charge on any atom is 0.323 e. The van der Waals surface area contributed by atoms with Crippen molar-refractivity contribution in [1.29, 1.82) is 0 Å². The van der Waals surface area contributed by atoms with Gasteiger partial charge in [0, 0.05) is 24.8 Å². The number of imidazole rings is 1. The number of sulfonamides is 1. The molecule has 1 heterocycles. The Kier molecular flexibility index (Phi) is 5.55. The van der Waals surface area contributed by atoms with Gasteiger partial charge in [-0.1, -0.05) is 13.3 Å². The average molecular weight is 402 g/mol. The number of anilines is 1. The number of hydrogen-bond donors (Lipinski definition) is 3. The van der Waals surface area contributed by atoms with E-state index in [9.17, 15) is 18.0 Å². The van der Waals surface area contributed by atoms with Gasteiger partial charge in [-0.15, -0.1) is 0 Å². The van der Waals surface area contributed by atoms with E-state index in [1.165, 1.54) is 18.2 Å². The largest absolute Gasteiger partial charge is 0.342 e. The summed E-state index contributed by atoms with van der Waals surface area (Å²) in [6.45, 7) is 2.73. The predicted molar refractivity (Wildman–Crippen MR) is 108 cm³/mol. The molecule has 3 rings (SSSR count). The van der Waals surface area contributed by atoms with E-state index in [1.807, 2.05) is 0 Å². The second-order valence-corrected chi connectivity index (χ2v) is 8.23. The number of carbonyl (C=O) groups is 1. The average Bonchev–Trinajstić information content (AvgIpc) is 3.05. The van der Waals surface area contributed by atoms with Crippen LogP contribution in [0.4, 0.5) is 5.69 Å². The molecule has 0 atom stereocenters. The van der Waals surface area contributed by atoms with Gasteiger partial charge in [-0.3, -0.25) is 9.52 Å². The number of aromatic amines is 2. The zero-order valence-electron chi connectivity index (χ0n) is 15.7. The number of nitrogens with zero attached hydrogens (tertiary/aromatic N) is 1. The van der Waals surface area contributed by atoms with E-state index >= 15 is 0 Å². The first kappa shape index (κ1) is 19.7. The molecule has 0 radical (unpaired) electrons. The molecule has 0 saturated heterocycles. The Labute approximate surface area is 162 Å². The summed E-state index contributed by atoms with van der Waals surface area (Å²) in [5, 5.41) is 0. The maximum atomic E-state index is 12.6. The fourth-order valence-electron chi connectivity index (χ4n) is 2.79. The number of H-pyrrole nitrogens is 2. The molecule has 9 heteroatoms. The Morgan fingerprint density at radius 2 is 1.75 bits per heavy atom. The molecule has 0 bridgehead atoms. The van der Waals surface area contributed by atoms with Crippen LogP contribution in [0.5, 0.6) is 0 Å². The standard InChI is InChI=1S/C19H22N4O4S/c1-3-4-11-23(2)18(24)13-5-7-14(8-6-13)22-28(26,27)15-9-10-16-17(12-15)21-19(25)20-16/h5-10,12,22H,3-4,11H2,1-2H3,(H2,20,21,25). The van der Waals surface area contributed by atoms with Gasteiger partial charge in [0.25, 0.3) is 15.9 Å². The summed E-state index contributed by atoms with van der Waals surface area (Å²) < 4.78 is 27.7. The van der Waals surface area contributed by atoms with Crippen LogP contribution in [0.3, 0.4) is 0 Å². The van der Waals surface area contributed by atoms with Crippen molar-refractivity contribution in [2.75, 3.05) is 18.3 Å². The van der Waals surface area contributed by atoms with Crippen LogP contribution in [0, 0.1) is 0 Å². The van der Waals surface area contributed by atoms with Crippen molar-refractivity contribution in [2.45, 2.75) is 24.7 Å². The third kappa shape index (κ3) is 4.25. The fourth-order valence-corrected chi connectivity index (χ4v) is 3.88. The summed E-state index contributed by atoms with van der Waals surface area (Å²) in [4.78, 5) is 30.4. The molecule has 1 amide bonds. The number of carbonyl (C=O) groups excluding carboxylic acids is 1. The summed E-state index contributed by atoms with van der Waals surface area (Å²) in [6.07, 6.45) is 1.93. The minimum Gasteiger partial charge on any atom is -0.342 e. The van der Waals surface area contributed by atoms with Crippen molar-refractivity contribution in [3.63, 3.8) is 0 Å². The van der Waals surface area contributed by atoms with Gasteiger partial charge in [0.05, 0.1) is 15.9 Å². The fraction of sp³-hybridized carbons (Fsp3) is 0.263. The highest BCUT2D eigenvalue weighted by molar-refractivity contribution is 7.92. The zero-order chi connectivity index (χ0) is 20.3. The number of hydrogen-bond acceptors (Lipinski definition) is 4. The molecule has 28 heavy (non-hydrogen) atoms. The number of amides is 1. The van der Waals surface area contributed by atoms with Crippen molar-refractivity contribution >= 4 is 32.7 Å². The van der Waals surface area contributed by atoms with Crippen molar-refractivity contribution < 1.29 is 13.2 Å². The monoisotopic (exact) mass is 402 g/mol. The van der Waals surface area contributed by atoms with E-state index in [1.54, 1.807) is 36.2 Å². The first-order valence-electron chi connectivity index (χ1n) is 8.90. The van der Waals surface area contributed by atoms with E-state index in [0.29, 0.717) is 28.8 Å². The SMILES string of the molecule is CCCCN(C)C(=O)c1ccc(NS(=O)(=O)c2ccc3[nH]c(=O)[nH]c3c2)cc1. The van der Waals surface area contributed by atoms with Crippen LogP contribution in [0.2, 0.25) is 0 Å². The van der Waals surface area contributed by atoms with E-state index in [4.69, 9.17) is 0 Å².